The molecule has 3 heterocycles. The van der Waals surface area contributed by atoms with Gasteiger partial charge in [0, 0.05) is 49.9 Å². The maximum atomic E-state index is 6.76. The van der Waals surface area contributed by atoms with Gasteiger partial charge < -0.3 is 4.74 Å². The van der Waals surface area contributed by atoms with Crippen LogP contribution in [0.2, 0.25) is 0 Å². The van der Waals surface area contributed by atoms with Crippen LogP contribution < -0.4 is 4.74 Å². The number of ether oxygens (including phenoxy) is 1. The van der Waals surface area contributed by atoms with Crippen LogP contribution in [0.25, 0.3) is 79.1 Å². The predicted molar refractivity (Wildman–Crippen MR) is 258 cm³/mol. The first kappa shape index (κ1) is 37.2. The summed E-state index contributed by atoms with van der Waals surface area (Å²) >= 11 is 0. The highest BCUT2D eigenvalue weighted by molar-refractivity contribution is 5.93. The molecule has 8 aromatic carbocycles. The standard InChI is InChI=1S/C59H39N5O/c1-58(2)44-25-13-12-24-43(44)51-52(36-18-6-3-7-19-36)60-56(61-53(51)58)39-30-32-41-42-33-31-40(57-63-54(37-20-8-4-9-21-37)62-55(64-57)38-22-10-5-11-23-38)35-48(42)59(47(41)34-39)45-26-14-16-28-49(45)65-50-29-17-15-27-46(50)59/h3-35H,1-2H3. The minimum absolute atomic E-state index is 0.327. The minimum Gasteiger partial charge on any atom is -0.457 e. The van der Waals surface area contributed by atoms with Crippen LogP contribution in [0.4, 0.5) is 0 Å². The van der Waals surface area contributed by atoms with Crippen molar-refractivity contribution in [2.45, 2.75) is 24.7 Å². The van der Waals surface area contributed by atoms with Gasteiger partial charge in [-0.05, 0) is 57.6 Å². The van der Waals surface area contributed by atoms with Gasteiger partial charge in [0.05, 0.1) is 16.8 Å². The molecule has 6 nitrogen and oxygen atoms in total. The second-order valence-corrected chi connectivity index (χ2v) is 17.6. The summed E-state index contributed by atoms with van der Waals surface area (Å²) < 4.78 is 6.76. The van der Waals surface area contributed by atoms with Gasteiger partial charge in [-0.25, -0.2) is 24.9 Å². The molecule has 0 saturated carbocycles. The molecular formula is C59H39N5O. The van der Waals surface area contributed by atoms with Gasteiger partial charge in [-0.2, -0.15) is 0 Å². The molecule has 65 heavy (non-hydrogen) atoms. The van der Waals surface area contributed by atoms with Gasteiger partial charge in [0.25, 0.3) is 0 Å². The third kappa shape index (κ3) is 5.50. The van der Waals surface area contributed by atoms with Crippen molar-refractivity contribution in [3.8, 4) is 90.6 Å². The molecule has 0 saturated heterocycles. The van der Waals surface area contributed by atoms with Gasteiger partial charge in [-0.1, -0.05) is 190 Å². The van der Waals surface area contributed by atoms with E-state index in [-0.39, 0.29) is 5.41 Å². The Bertz CT molecular complexity index is 3450. The molecule has 0 unspecified atom stereocenters. The van der Waals surface area contributed by atoms with Crippen molar-refractivity contribution in [3.05, 3.63) is 234 Å². The van der Waals surface area contributed by atoms with E-state index in [9.17, 15) is 0 Å². The lowest BCUT2D eigenvalue weighted by Gasteiger charge is -2.39. The Balaban J connectivity index is 1.06. The average Bonchev–Trinajstić information content (AvgIpc) is 3.78. The molecule has 2 aliphatic carbocycles. The normalized spacial score (nSPS) is 14.1. The Morgan fingerprint density at radius 2 is 0.769 bits per heavy atom. The highest BCUT2D eigenvalue weighted by atomic mass is 16.5. The Hall–Kier alpha value is -8.35. The number of fused-ring (bicyclic) bond motifs is 12. The second-order valence-electron chi connectivity index (χ2n) is 17.6. The SMILES string of the molecule is CC1(C)c2ccccc2-c2c(-c3ccccc3)nc(-c3ccc4c(c3)C3(c5ccccc5Oc5ccccc53)c3cc(-c5nc(-c6ccccc6)nc(-c6ccccc6)n5)ccc3-4)nc21. The first-order chi connectivity index (χ1) is 32.0. The van der Waals surface area contributed by atoms with E-state index >= 15 is 0 Å². The Kier molecular flexibility index (Phi) is 8.06. The molecule has 0 atom stereocenters. The molecule has 13 rings (SSSR count). The Morgan fingerprint density at radius 3 is 1.31 bits per heavy atom. The number of hydrogen-bond acceptors (Lipinski definition) is 6. The summed E-state index contributed by atoms with van der Waals surface area (Å²) in [5.41, 5.74) is 15.9. The summed E-state index contributed by atoms with van der Waals surface area (Å²) in [4.78, 5) is 26.4. The molecule has 10 aromatic rings. The van der Waals surface area contributed by atoms with Gasteiger partial charge in [0.2, 0.25) is 0 Å². The first-order valence-corrected chi connectivity index (χ1v) is 22.1. The number of aromatic nitrogens is 5. The monoisotopic (exact) mass is 833 g/mol. The molecule has 2 aromatic heterocycles. The zero-order chi connectivity index (χ0) is 43.3. The van der Waals surface area contributed by atoms with Crippen LogP contribution in [0.15, 0.2) is 200 Å². The van der Waals surface area contributed by atoms with Gasteiger partial charge in [0.1, 0.15) is 11.5 Å². The van der Waals surface area contributed by atoms with Crippen molar-refractivity contribution < 1.29 is 4.74 Å². The van der Waals surface area contributed by atoms with Crippen LogP contribution in [-0.4, -0.2) is 24.9 Å². The van der Waals surface area contributed by atoms with E-state index in [0.29, 0.717) is 23.3 Å². The zero-order valence-electron chi connectivity index (χ0n) is 35.7. The van der Waals surface area contributed by atoms with E-state index in [2.05, 4.69) is 141 Å². The second kappa shape index (κ2) is 14.1. The maximum absolute atomic E-state index is 6.76. The fourth-order valence-electron chi connectivity index (χ4n) is 10.6. The van der Waals surface area contributed by atoms with E-state index in [0.717, 1.165) is 89.6 Å². The number of hydrogen-bond donors (Lipinski definition) is 0. The van der Waals surface area contributed by atoms with Crippen LogP contribution in [0.5, 0.6) is 11.5 Å². The molecule has 306 valence electrons. The molecule has 0 bridgehead atoms. The molecule has 1 spiro atoms. The molecule has 0 amide bonds. The van der Waals surface area contributed by atoms with Crippen LogP contribution in [-0.2, 0) is 10.8 Å². The van der Waals surface area contributed by atoms with Crippen LogP contribution in [0, 0.1) is 0 Å². The minimum atomic E-state index is -0.770. The molecule has 0 N–H and O–H groups in total. The van der Waals surface area contributed by atoms with E-state index in [1.165, 1.54) is 11.1 Å². The zero-order valence-corrected chi connectivity index (χ0v) is 35.7. The lowest BCUT2D eigenvalue weighted by atomic mass is 9.65. The Morgan fingerprint density at radius 1 is 0.338 bits per heavy atom. The average molecular weight is 834 g/mol. The predicted octanol–water partition coefficient (Wildman–Crippen LogP) is 13.8. The third-order valence-corrected chi connectivity index (χ3v) is 13.6. The highest BCUT2D eigenvalue weighted by Crippen LogP contribution is 2.63. The third-order valence-electron chi connectivity index (χ3n) is 13.6. The summed E-state index contributed by atoms with van der Waals surface area (Å²) in [5.74, 6) is 4.17. The summed E-state index contributed by atoms with van der Waals surface area (Å²) in [5, 5.41) is 0. The molecule has 0 fully saturated rings. The summed E-state index contributed by atoms with van der Waals surface area (Å²) in [6, 6.07) is 69.9. The van der Waals surface area contributed by atoms with Crippen molar-refractivity contribution in [2.24, 2.45) is 0 Å². The van der Waals surface area contributed by atoms with E-state index < -0.39 is 5.41 Å². The molecule has 1 aliphatic heterocycles. The Labute approximate surface area is 377 Å². The van der Waals surface area contributed by atoms with Gasteiger partial charge in [-0.3, -0.25) is 0 Å². The topological polar surface area (TPSA) is 73.7 Å². The molecule has 6 heteroatoms. The molecular weight excluding hydrogens is 795 g/mol. The summed E-state index contributed by atoms with van der Waals surface area (Å²) in [6.45, 7) is 4.56. The summed E-state index contributed by atoms with van der Waals surface area (Å²) in [7, 11) is 0. The number of rotatable bonds is 5. The van der Waals surface area contributed by atoms with Gasteiger partial charge >= 0.3 is 0 Å². The van der Waals surface area contributed by atoms with Gasteiger partial charge in [0.15, 0.2) is 23.3 Å². The number of nitrogens with zero attached hydrogens (tertiary/aromatic N) is 5. The van der Waals surface area contributed by atoms with Crippen molar-refractivity contribution >= 4 is 0 Å². The molecule has 0 radical (unpaired) electrons. The lowest BCUT2D eigenvalue weighted by Crippen LogP contribution is -2.32. The first-order valence-electron chi connectivity index (χ1n) is 22.1. The van der Waals surface area contributed by atoms with E-state index in [1.807, 2.05) is 72.8 Å². The largest absolute Gasteiger partial charge is 0.457 e. The van der Waals surface area contributed by atoms with Crippen molar-refractivity contribution in [3.63, 3.8) is 0 Å². The van der Waals surface area contributed by atoms with Crippen LogP contribution >= 0.6 is 0 Å². The lowest BCUT2D eigenvalue weighted by molar-refractivity contribution is 0.436. The smallest absolute Gasteiger partial charge is 0.164 e. The highest BCUT2D eigenvalue weighted by Gasteiger charge is 2.51. The summed E-state index contributed by atoms with van der Waals surface area (Å²) in [6.07, 6.45) is 0. The van der Waals surface area contributed by atoms with E-state index in [4.69, 9.17) is 29.7 Å². The fourth-order valence-corrected chi connectivity index (χ4v) is 10.6. The number of benzene rings is 8. The molecule has 3 aliphatic rings. The van der Waals surface area contributed by atoms with Crippen molar-refractivity contribution in [1.82, 2.24) is 24.9 Å². The fraction of sp³-hybridized carbons (Fsp3) is 0.0678. The van der Waals surface area contributed by atoms with Gasteiger partial charge in [-0.15, -0.1) is 0 Å². The quantitative estimate of drug-likeness (QED) is 0.172. The number of para-hydroxylation sites is 2. The van der Waals surface area contributed by atoms with Crippen molar-refractivity contribution in [1.29, 1.82) is 0 Å². The van der Waals surface area contributed by atoms with E-state index in [1.54, 1.807) is 0 Å². The van der Waals surface area contributed by atoms with Crippen molar-refractivity contribution in [2.75, 3.05) is 0 Å². The van der Waals surface area contributed by atoms with Crippen LogP contribution in [0.1, 0.15) is 47.4 Å². The maximum Gasteiger partial charge on any atom is 0.164 e. The van der Waals surface area contributed by atoms with Crippen LogP contribution in [0.3, 0.4) is 0 Å².